The van der Waals surface area contributed by atoms with Crippen molar-refractivity contribution in [2.45, 2.75) is 0 Å². The number of hydrogen-bond acceptors (Lipinski definition) is 6. The number of nitrogens with one attached hydrogen (secondary N) is 1. The van der Waals surface area contributed by atoms with E-state index in [1.165, 1.54) is 26.5 Å². The quantitative estimate of drug-likeness (QED) is 0.736. The van der Waals surface area contributed by atoms with Crippen LogP contribution in [0.2, 0.25) is 0 Å². The number of hydrogen-bond donors (Lipinski definition) is 1. The third kappa shape index (κ3) is 4.63. The van der Waals surface area contributed by atoms with Crippen LogP contribution < -0.4 is 14.8 Å². The predicted octanol–water partition coefficient (Wildman–Crippen LogP) is 1.27. The fourth-order valence-corrected chi connectivity index (χ4v) is 3.01. The van der Waals surface area contributed by atoms with Gasteiger partial charge < -0.3 is 24.6 Å². The predicted molar refractivity (Wildman–Crippen MR) is 105 cm³/mol. The van der Waals surface area contributed by atoms with Crippen LogP contribution in [-0.4, -0.2) is 73.4 Å². The molecular weight excluding hydrogens is 376 g/mol. The van der Waals surface area contributed by atoms with Gasteiger partial charge in [0, 0.05) is 49.7 Å². The zero-order valence-electron chi connectivity index (χ0n) is 16.3. The normalized spacial score (nSPS) is 13.6. The van der Waals surface area contributed by atoms with E-state index in [0.717, 1.165) is 6.41 Å². The van der Waals surface area contributed by atoms with Crippen molar-refractivity contribution in [3.05, 3.63) is 47.8 Å². The number of amides is 3. The molecule has 29 heavy (non-hydrogen) atoms. The number of piperazine rings is 1. The second-order valence-electron chi connectivity index (χ2n) is 6.39. The molecule has 0 bridgehead atoms. The van der Waals surface area contributed by atoms with E-state index < -0.39 is 5.91 Å². The van der Waals surface area contributed by atoms with Crippen LogP contribution in [0.25, 0.3) is 0 Å². The largest absolute Gasteiger partial charge is 0.493 e. The van der Waals surface area contributed by atoms with E-state index in [-0.39, 0.29) is 11.6 Å². The molecule has 3 amide bonds. The molecule has 0 saturated carbocycles. The summed E-state index contributed by atoms with van der Waals surface area (Å²) >= 11 is 0. The topological polar surface area (TPSA) is 101 Å². The molecule has 9 heteroatoms. The lowest BCUT2D eigenvalue weighted by atomic mass is 10.1. The van der Waals surface area contributed by atoms with Crippen molar-refractivity contribution >= 4 is 23.9 Å². The number of methoxy groups -OCH3 is 2. The molecule has 0 unspecified atom stereocenters. The molecule has 0 radical (unpaired) electrons. The first kappa shape index (κ1) is 20.1. The van der Waals surface area contributed by atoms with Crippen LogP contribution in [0.5, 0.6) is 11.5 Å². The smallest absolute Gasteiger partial charge is 0.274 e. The second-order valence-corrected chi connectivity index (χ2v) is 6.39. The highest BCUT2D eigenvalue weighted by Gasteiger charge is 2.22. The summed E-state index contributed by atoms with van der Waals surface area (Å²) in [5.41, 5.74) is 1.00. The standard InChI is InChI=1S/C20H22N4O5/c1-28-17-4-3-15(12-18(17)29-2)22-19(26)16-11-14(5-6-21-16)20(27)24-9-7-23(13-25)8-10-24/h3-6,11-13H,7-10H2,1-2H3,(H,22,26). The summed E-state index contributed by atoms with van der Waals surface area (Å²) in [6.45, 7) is 1.89. The first-order valence-electron chi connectivity index (χ1n) is 9.03. The van der Waals surface area contributed by atoms with Crippen molar-refractivity contribution in [1.29, 1.82) is 0 Å². The average Bonchev–Trinajstić information content (AvgIpc) is 2.78. The van der Waals surface area contributed by atoms with Crippen LogP contribution in [0, 0.1) is 0 Å². The molecular formula is C20H22N4O5. The van der Waals surface area contributed by atoms with Crippen molar-refractivity contribution in [3.63, 3.8) is 0 Å². The summed E-state index contributed by atoms with van der Waals surface area (Å²) in [5.74, 6) is 0.387. The molecule has 1 saturated heterocycles. The molecule has 152 valence electrons. The van der Waals surface area contributed by atoms with Gasteiger partial charge in [0.05, 0.1) is 14.2 Å². The first-order chi connectivity index (χ1) is 14.0. The average molecular weight is 398 g/mol. The van der Waals surface area contributed by atoms with Gasteiger partial charge in [0.1, 0.15) is 5.69 Å². The molecule has 9 nitrogen and oxygen atoms in total. The summed E-state index contributed by atoms with van der Waals surface area (Å²) in [5, 5.41) is 2.74. The van der Waals surface area contributed by atoms with Crippen molar-refractivity contribution in [1.82, 2.24) is 14.8 Å². The zero-order chi connectivity index (χ0) is 20.8. The van der Waals surface area contributed by atoms with Crippen molar-refractivity contribution in [2.24, 2.45) is 0 Å². The Hall–Kier alpha value is -3.62. The fourth-order valence-electron chi connectivity index (χ4n) is 3.01. The first-order valence-corrected chi connectivity index (χ1v) is 9.03. The van der Waals surface area contributed by atoms with E-state index in [4.69, 9.17) is 9.47 Å². The summed E-state index contributed by atoms with van der Waals surface area (Å²) in [7, 11) is 3.04. The highest BCUT2D eigenvalue weighted by atomic mass is 16.5. The number of aromatic nitrogens is 1. The van der Waals surface area contributed by atoms with Gasteiger partial charge in [-0.25, -0.2) is 0 Å². The van der Waals surface area contributed by atoms with Crippen LogP contribution in [0.4, 0.5) is 5.69 Å². The fraction of sp³-hybridized carbons (Fsp3) is 0.300. The van der Waals surface area contributed by atoms with Gasteiger partial charge in [0.2, 0.25) is 6.41 Å². The van der Waals surface area contributed by atoms with Gasteiger partial charge in [-0.05, 0) is 24.3 Å². The Labute approximate surface area is 168 Å². The maximum Gasteiger partial charge on any atom is 0.274 e. The molecule has 1 aromatic heterocycles. The second kappa shape index (κ2) is 9.05. The molecule has 0 spiro atoms. The minimum Gasteiger partial charge on any atom is -0.493 e. The van der Waals surface area contributed by atoms with Gasteiger partial charge in [0.15, 0.2) is 11.5 Å². The number of benzene rings is 1. The summed E-state index contributed by atoms with van der Waals surface area (Å²) in [6.07, 6.45) is 2.21. The summed E-state index contributed by atoms with van der Waals surface area (Å²) in [6, 6.07) is 8.03. The number of rotatable bonds is 6. The van der Waals surface area contributed by atoms with Gasteiger partial charge in [-0.3, -0.25) is 19.4 Å². The lowest BCUT2D eigenvalue weighted by Gasteiger charge is -2.32. The molecule has 0 atom stereocenters. The van der Waals surface area contributed by atoms with Crippen molar-refractivity contribution in [2.75, 3.05) is 45.7 Å². The van der Waals surface area contributed by atoms with Gasteiger partial charge in [0.25, 0.3) is 11.8 Å². The van der Waals surface area contributed by atoms with Gasteiger partial charge in [-0.15, -0.1) is 0 Å². The number of pyridine rings is 1. The van der Waals surface area contributed by atoms with E-state index in [1.54, 1.807) is 34.1 Å². The van der Waals surface area contributed by atoms with Gasteiger partial charge in [-0.1, -0.05) is 0 Å². The minimum atomic E-state index is -0.447. The van der Waals surface area contributed by atoms with Crippen LogP contribution in [-0.2, 0) is 4.79 Å². The van der Waals surface area contributed by atoms with Crippen molar-refractivity contribution in [3.8, 4) is 11.5 Å². The monoisotopic (exact) mass is 398 g/mol. The Kier molecular flexibility index (Phi) is 6.28. The van der Waals surface area contributed by atoms with E-state index in [9.17, 15) is 14.4 Å². The maximum absolute atomic E-state index is 12.7. The van der Waals surface area contributed by atoms with Gasteiger partial charge in [-0.2, -0.15) is 0 Å². The summed E-state index contributed by atoms with van der Waals surface area (Å²) in [4.78, 5) is 43.5. The SMILES string of the molecule is COc1ccc(NC(=O)c2cc(C(=O)N3CCN(C=O)CC3)ccn2)cc1OC. The van der Waals surface area contributed by atoms with Gasteiger partial charge >= 0.3 is 0 Å². The summed E-state index contributed by atoms with van der Waals surface area (Å²) < 4.78 is 10.4. The molecule has 1 aliphatic heterocycles. The minimum absolute atomic E-state index is 0.122. The van der Waals surface area contributed by atoms with E-state index >= 15 is 0 Å². The third-order valence-electron chi connectivity index (χ3n) is 4.63. The number of nitrogens with zero attached hydrogens (tertiary/aromatic N) is 3. The number of carbonyl (C=O) groups excluding carboxylic acids is 3. The molecule has 1 fully saturated rings. The van der Waals surface area contributed by atoms with E-state index in [1.807, 2.05) is 0 Å². The zero-order valence-corrected chi connectivity index (χ0v) is 16.3. The molecule has 3 rings (SSSR count). The maximum atomic E-state index is 12.7. The Morgan fingerprint density at radius 3 is 2.41 bits per heavy atom. The lowest BCUT2D eigenvalue weighted by molar-refractivity contribution is -0.119. The molecule has 1 aromatic carbocycles. The Morgan fingerprint density at radius 2 is 1.76 bits per heavy atom. The van der Waals surface area contributed by atoms with E-state index in [2.05, 4.69) is 10.3 Å². The lowest BCUT2D eigenvalue weighted by Crippen LogP contribution is -2.48. The highest BCUT2D eigenvalue weighted by molar-refractivity contribution is 6.05. The molecule has 0 aliphatic carbocycles. The number of anilines is 1. The van der Waals surface area contributed by atoms with Crippen LogP contribution >= 0.6 is 0 Å². The Morgan fingerprint density at radius 1 is 1.03 bits per heavy atom. The van der Waals surface area contributed by atoms with E-state index in [0.29, 0.717) is 48.9 Å². The van der Waals surface area contributed by atoms with Crippen LogP contribution in [0.1, 0.15) is 20.8 Å². The highest BCUT2D eigenvalue weighted by Crippen LogP contribution is 2.29. The Balaban J connectivity index is 1.71. The van der Waals surface area contributed by atoms with Crippen LogP contribution in [0.15, 0.2) is 36.5 Å². The molecule has 1 aliphatic rings. The third-order valence-corrected chi connectivity index (χ3v) is 4.63. The van der Waals surface area contributed by atoms with Crippen molar-refractivity contribution < 1.29 is 23.9 Å². The van der Waals surface area contributed by atoms with Crippen LogP contribution in [0.3, 0.4) is 0 Å². The Bertz CT molecular complexity index is 909. The molecule has 2 aromatic rings. The number of carbonyl (C=O) groups is 3. The number of ether oxygens (including phenoxy) is 2. The molecule has 2 heterocycles. The molecule has 1 N–H and O–H groups in total.